The number of nitrogens with zero attached hydrogens (tertiary/aromatic N) is 1. The van der Waals surface area contributed by atoms with Crippen molar-refractivity contribution in [2.75, 3.05) is 6.54 Å². The molecule has 1 fully saturated rings. The predicted octanol–water partition coefficient (Wildman–Crippen LogP) is 2.88. The van der Waals surface area contributed by atoms with Crippen molar-refractivity contribution in [1.29, 1.82) is 0 Å². The number of hydrogen-bond acceptors (Lipinski definition) is 2. The van der Waals surface area contributed by atoms with Gasteiger partial charge in [-0.3, -0.25) is 9.59 Å². The van der Waals surface area contributed by atoms with Crippen LogP contribution in [0.25, 0.3) is 0 Å². The van der Waals surface area contributed by atoms with Gasteiger partial charge in [0.05, 0.1) is 12.0 Å². The molecule has 1 saturated heterocycles. The average Bonchev–Trinajstić information content (AvgIpc) is 2.75. The summed E-state index contributed by atoms with van der Waals surface area (Å²) in [5, 5.41) is 9.50. The molecular weight excluding hydrogens is 266 g/mol. The van der Waals surface area contributed by atoms with E-state index in [-0.39, 0.29) is 18.4 Å². The van der Waals surface area contributed by atoms with E-state index in [1.165, 1.54) is 0 Å². The number of benzene rings is 1. The van der Waals surface area contributed by atoms with E-state index in [1.807, 2.05) is 38.1 Å². The summed E-state index contributed by atoms with van der Waals surface area (Å²) >= 11 is 0. The van der Waals surface area contributed by atoms with Gasteiger partial charge >= 0.3 is 5.97 Å². The molecule has 1 aliphatic rings. The first-order chi connectivity index (χ1) is 9.95. The third-order valence-corrected chi connectivity index (χ3v) is 4.07. The molecule has 1 aliphatic heterocycles. The summed E-state index contributed by atoms with van der Waals surface area (Å²) in [5.74, 6) is -1.26. The van der Waals surface area contributed by atoms with E-state index >= 15 is 0 Å². The second-order valence-electron chi connectivity index (χ2n) is 6.09. The van der Waals surface area contributed by atoms with Crippen molar-refractivity contribution in [3.8, 4) is 0 Å². The molecule has 2 atom stereocenters. The lowest BCUT2D eigenvalue weighted by atomic mass is 9.89. The summed E-state index contributed by atoms with van der Waals surface area (Å²) in [5.41, 5.74) is 2.11. The summed E-state index contributed by atoms with van der Waals surface area (Å²) in [6.07, 6.45) is 0.938. The predicted molar refractivity (Wildman–Crippen MR) is 80.9 cm³/mol. The highest BCUT2D eigenvalue weighted by Gasteiger charge is 2.45. The molecule has 0 saturated carbocycles. The lowest BCUT2D eigenvalue weighted by molar-refractivity contribution is -0.142. The largest absolute Gasteiger partial charge is 0.481 e. The minimum atomic E-state index is -0.884. The fourth-order valence-electron chi connectivity index (χ4n) is 3.15. The van der Waals surface area contributed by atoms with Crippen molar-refractivity contribution < 1.29 is 14.7 Å². The van der Waals surface area contributed by atoms with Gasteiger partial charge in [-0.1, -0.05) is 45.0 Å². The molecule has 4 nitrogen and oxygen atoms in total. The van der Waals surface area contributed by atoms with Gasteiger partial charge < -0.3 is 10.0 Å². The van der Waals surface area contributed by atoms with Crippen LogP contribution in [0.5, 0.6) is 0 Å². The second kappa shape index (κ2) is 6.29. The van der Waals surface area contributed by atoms with Crippen molar-refractivity contribution >= 4 is 11.9 Å². The molecule has 1 aromatic rings. The van der Waals surface area contributed by atoms with Crippen molar-refractivity contribution in [2.45, 2.75) is 39.7 Å². The number of likely N-dealkylation sites (tertiary alicyclic amines) is 1. The Labute approximate surface area is 125 Å². The number of aryl methyl sites for hydroxylation is 1. The molecule has 0 bridgehead atoms. The molecule has 0 radical (unpaired) electrons. The molecule has 1 N–H and O–H groups in total. The van der Waals surface area contributed by atoms with Crippen LogP contribution in [0.15, 0.2) is 24.3 Å². The zero-order valence-electron chi connectivity index (χ0n) is 12.9. The van der Waals surface area contributed by atoms with Gasteiger partial charge in [-0.2, -0.15) is 0 Å². The van der Waals surface area contributed by atoms with Crippen molar-refractivity contribution in [2.24, 2.45) is 11.8 Å². The number of amides is 1. The topological polar surface area (TPSA) is 57.6 Å². The van der Waals surface area contributed by atoms with E-state index < -0.39 is 11.9 Å². The molecule has 2 unspecified atom stereocenters. The van der Waals surface area contributed by atoms with Crippen molar-refractivity contribution in [3.05, 3.63) is 35.4 Å². The Bertz CT molecular complexity index is 539. The van der Waals surface area contributed by atoms with E-state index in [4.69, 9.17) is 0 Å². The number of carboxylic acids is 1. The third kappa shape index (κ3) is 3.09. The number of aliphatic carboxylic acids is 1. The summed E-state index contributed by atoms with van der Waals surface area (Å²) in [6, 6.07) is 7.52. The Morgan fingerprint density at radius 2 is 2.05 bits per heavy atom. The maximum absolute atomic E-state index is 12.3. The number of rotatable bonds is 5. The van der Waals surface area contributed by atoms with Gasteiger partial charge in [0.25, 0.3) is 0 Å². The van der Waals surface area contributed by atoms with Crippen molar-refractivity contribution in [1.82, 2.24) is 4.90 Å². The van der Waals surface area contributed by atoms with E-state index in [0.717, 1.165) is 17.5 Å². The minimum absolute atomic E-state index is 0.0491. The Kier molecular flexibility index (Phi) is 4.66. The molecule has 1 heterocycles. The first-order valence-corrected chi connectivity index (χ1v) is 7.55. The van der Waals surface area contributed by atoms with Gasteiger partial charge in [-0.25, -0.2) is 0 Å². The molecule has 2 rings (SSSR count). The zero-order valence-corrected chi connectivity index (χ0v) is 12.9. The van der Waals surface area contributed by atoms with E-state index in [2.05, 4.69) is 6.92 Å². The van der Waals surface area contributed by atoms with E-state index in [1.54, 1.807) is 4.90 Å². The Morgan fingerprint density at radius 1 is 1.38 bits per heavy atom. The molecule has 1 amide bonds. The van der Waals surface area contributed by atoms with E-state index in [0.29, 0.717) is 12.5 Å². The van der Waals surface area contributed by atoms with E-state index in [9.17, 15) is 14.7 Å². The first-order valence-electron chi connectivity index (χ1n) is 7.55. The van der Waals surface area contributed by atoms with Crippen LogP contribution in [0.4, 0.5) is 0 Å². The average molecular weight is 289 g/mol. The lowest BCUT2D eigenvalue weighted by Crippen LogP contribution is -2.34. The second-order valence-corrected chi connectivity index (χ2v) is 6.09. The van der Waals surface area contributed by atoms with Crippen LogP contribution in [-0.2, 0) is 16.0 Å². The van der Waals surface area contributed by atoms with Crippen LogP contribution in [0, 0.1) is 11.8 Å². The monoisotopic (exact) mass is 289 g/mol. The first kappa shape index (κ1) is 15.5. The number of carbonyl (C=O) groups is 2. The zero-order chi connectivity index (χ0) is 15.6. The van der Waals surface area contributed by atoms with Crippen LogP contribution in [0.3, 0.4) is 0 Å². The Morgan fingerprint density at radius 3 is 2.62 bits per heavy atom. The fourth-order valence-corrected chi connectivity index (χ4v) is 3.15. The van der Waals surface area contributed by atoms with Crippen LogP contribution in [0.1, 0.15) is 44.4 Å². The highest BCUT2D eigenvalue weighted by Crippen LogP contribution is 2.40. The van der Waals surface area contributed by atoms with Gasteiger partial charge in [0.15, 0.2) is 0 Å². The molecule has 0 spiro atoms. The highest BCUT2D eigenvalue weighted by molar-refractivity contribution is 5.87. The van der Waals surface area contributed by atoms with Crippen LogP contribution < -0.4 is 0 Å². The number of carboxylic acid groups (broad SMARTS) is 1. The molecule has 0 aromatic heterocycles. The van der Waals surface area contributed by atoms with Crippen molar-refractivity contribution in [3.63, 3.8) is 0 Å². The Balaban J connectivity index is 2.46. The normalized spacial score (nSPS) is 22.1. The Hall–Kier alpha value is -1.84. The number of hydrogen-bond donors (Lipinski definition) is 1. The van der Waals surface area contributed by atoms with Gasteiger partial charge in [0, 0.05) is 13.0 Å². The molecule has 114 valence electrons. The van der Waals surface area contributed by atoms with Gasteiger partial charge in [-0.05, 0) is 23.5 Å². The molecule has 0 aliphatic carbocycles. The summed E-state index contributed by atoms with van der Waals surface area (Å²) in [6.45, 7) is 6.75. The molecule has 1 aromatic carbocycles. The highest BCUT2D eigenvalue weighted by atomic mass is 16.4. The summed E-state index contributed by atoms with van der Waals surface area (Å²) in [4.78, 5) is 25.6. The van der Waals surface area contributed by atoms with Gasteiger partial charge in [0.2, 0.25) is 5.91 Å². The summed E-state index contributed by atoms with van der Waals surface area (Å²) < 4.78 is 0. The maximum atomic E-state index is 12.3. The quantitative estimate of drug-likeness (QED) is 0.906. The SMILES string of the molecule is CCc1ccccc1C1C(C(=O)O)CC(=O)N1CC(C)C. The maximum Gasteiger partial charge on any atom is 0.309 e. The molecule has 4 heteroatoms. The number of carbonyl (C=O) groups excluding carboxylic acids is 1. The molecule has 21 heavy (non-hydrogen) atoms. The molecular formula is C17H23NO3. The standard InChI is InChI=1S/C17H23NO3/c1-4-12-7-5-6-8-13(12)16-14(17(20)21)9-15(19)18(16)10-11(2)3/h5-8,11,14,16H,4,9-10H2,1-3H3,(H,20,21). The lowest BCUT2D eigenvalue weighted by Gasteiger charge is -2.30. The smallest absolute Gasteiger partial charge is 0.309 e. The summed E-state index contributed by atoms with van der Waals surface area (Å²) in [7, 11) is 0. The minimum Gasteiger partial charge on any atom is -0.481 e. The fraction of sp³-hybridized carbons (Fsp3) is 0.529. The van der Waals surface area contributed by atoms with Crippen LogP contribution in [0.2, 0.25) is 0 Å². The van der Waals surface area contributed by atoms with Gasteiger partial charge in [0.1, 0.15) is 0 Å². The third-order valence-electron chi connectivity index (χ3n) is 4.07. The van der Waals surface area contributed by atoms with Crippen LogP contribution in [-0.4, -0.2) is 28.4 Å². The van der Waals surface area contributed by atoms with Gasteiger partial charge in [-0.15, -0.1) is 0 Å². The van der Waals surface area contributed by atoms with Crippen LogP contribution >= 0.6 is 0 Å².